The Morgan fingerprint density at radius 2 is 1.57 bits per heavy atom. The van der Waals surface area contributed by atoms with Crippen molar-refractivity contribution in [2.75, 3.05) is 26.2 Å². The van der Waals surface area contributed by atoms with Crippen LogP contribution in [-0.4, -0.2) is 32.3 Å². The Balaban J connectivity index is 3.49. The zero-order valence-electron chi connectivity index (χ0n) is 9.39. The number of unbranched alkanes of at least 4 members (excludes halogenated alkanes) is 2. The van der Waals surface area contributed by atoms with Crippen LogP contribution in [0.4, 0.5) is 0 Å². The Hall–Kier alpha value is -0.160. The second-order valence-corrected chi connectivity index (χ2v) is 3.53. The molecule has 0 unspecified atom stereocenters. The third-order valence-corrected chi connectivity index (χ3v) is 2.17. The van der Waals surface area contributed by atoms with E-state index in [9.17, 15) is 0 Å². The molecule has 0 aliphatic rings. The van der Waals surface area contributed by atoms with Gasteiger partial charge in [-0.3, -0.25) is 0 Å². The van der Waals surface area contributed by atoms with E-state index in [1.54, 1.807) is 0 Å². The lowest BCUT2D eigenvalue weighted by Gasteiger charge is -2.19. The van der Waals surface area contributed by atoms with Crippen molar-refractivity contribution >= 4 is 0 Å². The second kappa shape index (κ2) is 10.9. The lowest BCUT2D eigenvalue weighted by molar-refractivity contribution is 0.395. The van der Waals surface area contributed by atoms with E-state index in [1.807, 2.05) is 0 Å². The average Bonchev–Trinajstić information content (AvgIpc) is 2.21. The largest absolute Gasteiger partial charge is 0.329 e. The Bertz CT molecular complexity index is 100. The summed E-state index contributed by atoms with van der Waals surface area (Å²) in [7, 11) is 0. The quantitative estimate of drug-likeness (QED) is 0.299. The van der Waals surface area contributed by atoms with Crippen molar-refractivity contribution in [2.24, 2.45) is 11.5 Å². The summed E-state index contributed by atoms with van der Waals surface area (Å²) in [4.78, 5) is 0. The summed E-state index contributed by atoms with van der Waals surface area (Å²) in [6, 6.07) is 0. The minimum Gasteiger partial charge on any atom is -0.329 e. The highest BCUT2D eigenvalue weighted by Crippen LogP contribution is 2.01. The third-order valence-electron chi connectivity index (χ3n) is 2.17. The van der Waals surface area contributed by atoms with Gasteiger partial charge in [-0.2, -0.15) is 0 Å². The summed E-state index contributed by atoms with van der Waals surface area (Å²) in [6.45, 7) is 5.33. The van der Waals surface area contributed by atoms with Crippen LogP contribution in [0.15, 0.2) is 0 Å². The molecule has 0 bridgehead atoms. The van der Waals surface area contributed by atoms with E-state index in [0.717, 1.165) is 19.5 Å². The number of hydrogen-bond acceptors (Lipinski definition) is 4. The molecule has 0 heterocycles. The van der Waals surface area contributed by atoms with Crippen molar-refractivity contribution in [3.8, 4) is 0 Å². The molecule has 0 fully saturated rings. The molecule has 0 aliphatic carbocycles. The molecule has 0 aliphatic heterocycles. The summed E-state index contributed by atoms with van der Waals surface area (Å²) in [6.07, 6.45) is 5.36. The zero-order chi connectivity index (χ0) is 10.6. The van der Waals surface area contributed by atoms with E-state index in [-0.39, 0.29) is 0 Å². The number of nitrogens with one attached hydrogen (secondary N) is 2. The Morgan fingerprint density at radius 3 is 2.00 bits per heavy atom. The smallest absolute Gasteiger partial charge is 0.0572 e. The number of hydrogen-bond donors (Lipinski definition) is 4. The fraction of sp³-hybridized carbons (Fsp3) is 1.00. The Kier molecular flexibility index (Phi) is 10.8. The molecular formula is C10H26N4. The van der Waals surface area contributed by atoms with Crippen molar-refractivity contribution in [1.82, 2.24) is 10.6 Å². The molecule has 0 aromatic heterocycles. The highest BCUT2D eigenvalue weighted by atomic mass is 16.3. The summed E-state index contributed by atoms with van der Waals surface area (Å²) in [5, 5.41) is 6.74. The van der Waals surface area contributed by atoms with E-state index in [1.165, 1.54) is 19.3 Å². The fourth-order valence-electron chi connectivity index (χ4n) is 1.39. The van der Waals surface area contributed by atoms with Gasteiger partial charge in [0.1, 0.15) is 0 Å². The number of rotatable bonds is 10. The van der Waals surface area contributed by atoms with Crippen LogP contribution in [0.5, 0.6) is 0 Å². The molecule has 0 radical (unpaired) electrons. The van der Waals surface area contributed by atoms with E-state index in [2.05, 4.69) is 17.6 Å². The van der Waals surface area contributed by atoms with Crippen molar-refractivity contribution in [1.29, 1.82) is 0 Å². The van der Waals surface area contributed by atoms with Gasteiger partial charge in [-0.05, 0) is 6.42 Å². The van der Waals surface area contributed by atoms with Gasteiger partial charge in [0.2, 0.25) is 0 Å². The van der Waals surface area contributed by atoms with E-state index in [0.29, 0.717) is 19.3 Å². The maximum Gasteiger partial charge on any atom is 0.0572 e. The van der Waals surface area contributed by atoms with Crippen LogP contribution in [0, 0.1) is 0 Å². The molecule has 86 valence electrons. The maximum absolute atomic E-state index is 5.45. The normalized spacial score (nSPS) is 11.1. The molecule has 0 amide bonds. The Labute approximate surface area is 87.8 Å². The average molecular weight is 206 g/mol. The summed E-state index contributed by atoms with van der Waals surface area (Å²) < 4.78 is 0. The van der Waals surface area contributed by atoms with E-state index >= 15 is 0 Å². The van der Waals surface area contributed by atoms with Crippen LogP contribution >= 0.6 is 0 Å². The van der Waals surface area contributed by atoms with Crippen LogP contribution in [0.2, 0.25) is 0 Å². The van der Waals surface area contributed by atoms with Gasteiger partial charge in [0.25, 0.3) is 0 Å². The molecular weight excluding hydrogens is 180 g/mol. The lowest BCUT2D eigenvalue weighted by atomic mass is 10.1. The predicted octanol–water partition coefficient (Wildman–Crippen LogP) is -0.0106. The van der Waals surface area contributed by atoms with E-state index in [4.69, 9.17) is 11.5 Å². The third kappa shape index (κ3) is 8.44. The first kappa shape index (κ1) is 13.8. The minimum absolute atomic E-state index is 0.383. The molecule has 6 N–H and O–H groups in total. The van der Waals surface area contributed by atoms with Gasteiger partial charge in [0.05, 0.1) is 6.17 Å². The SMILES string of the molecule is CCCCCC(NCC[16NH2])NCC[16NH2]. The van der Waals surface area contributed by atoms with Crippen molar-refractivity contribution < 1.29 is 0 Å². The minimum atomic E-state index is 0.383. The summed E-state index contributed by atoms with van der Waals surface area (Å²) in [5.41, 5.74) is 10.9. The van der Waals surface area contributed by atoms with Gasteiger partial charge in [-0.15, -0.1) is 0 Å². The van der Waals surface area contributed by atoms with Crippen LogP contribution in [0.3, 0.4) is 0 Å². The molecule has 0 spiro atoms. The molecule has 14 heavy (non-hydrogen) atoms. The predicted molar refractivity (Wildman–Crippen MR) is 62.0 cm³/mol. The number of nitrogens with two attached hydrogens (primary N) is 2. The first-order valence-corrected chi connectivity index (χ1v) is 5.72. The van der Waals surface area contributed by atoms with Gasteiger partial charge in [-0.1, -0.05) is 26.2 Å². The van der Waals surface area contributed by atoms with Crippen molar-refractivity contribution in [3.05, 3.63) is 0 Å². The first-order chi connectivity index (χ1) is 6.85. The highest BCUT2D eigenvalue weighted by molar-refractivity contribution is 4.65. The van der Waals surface area contributed by atoms with Crippen LogP contribution in [0.25, 0.3) is 0 Å². The molecule has 0 saturated heterocycles. The first-order valence-electron chi connectivity index (χ1n) is 5.72. The molecule has 0 atom stereocenters. The van der Waals surface area contributed by atoms with Gasteiger partial charge >= 0.3 is 0 Å². The monoisotopic (exact) mass is 206 g/mol. The highest BCUT2D eigenvalue weighted by Gasteiger charge is 2.04. The molecule has 4 nitrogen and oxygen atoms in total. The van der Waals surface area contributed by atoms with E-state index < -0.39 is 0 Å². The molecule has 0 aromatic carbocycles. The molecule has 0 rings (SSSR count). The molecule has 4 heteroatoms. The van der Waals surface area contributed by atoms with Gasteiger partial charge in [-0.25, -0.2) is 0 Å². The van der Waals surface area contributed by atoms with Gasteiger partial charge in [0, 0.05) is 26.2 Å². The summed E-state index contributed by atoms with van der Waals surface area (Å²) in [5.74, 6) is 0. The molecule has 0 aromatic rings. The summed E-state index contributed by atoms with van der Waals surface area (Å²) >= 11 is 0. The lowest BCUT2D eigenvalue weighted by Crippen LogP contribution is -2.45. The van der Waals surface area contributed by atoms with Crippen molar-refractivity contribution in [2.45, 2.75) is 38.8 Å². The zero-order valence-corrected chi connectivity index (χ0v) is 9.39. The van der Waals surface area contributed by atoms with Crippen LogP contribution in [-0.2, 0) is 0 Å². The second-order valence-electron chi connectivity index (χ2n) is 3.53. The topological polar surface area (TPSA) is 76.1 Å². The van der Waals surface area contributed by atoms with Crippen LogP contribution in [0.1, 0.15) is 32.6 Å². The maximum atomic E-state index is 5.45. The van der Waals surface area contributed by atoms with Crippen LogP contribution < -0.4 is 22.1 Å². The van der Waals surface area contributed by atoms with Crippen molar-refractivity contribution in [3.63, 3.8) is 0 Å². The Morgan fingerprint density at radius 1 is 1.00 bits per heavy atom. The fourth-order valence-corrected chi connectivity index (χ4v) is 1.39. The van der Waals surface area contributed by atoms with Gasteiger partial charge in [0.15, 0.2) is 0 Å². The standard InChI is InChI=1S/C10H26N4/c1-2-3-4-5-10(13-8-6-11)14-9-7-12/h10,13-14H,2-9,11-12H2,1H3/i11+2,12+2. The molecule has 0 saturated carbocycles. The van der Waals surface area contributed by atoms with Gasteiger partial charge < -0.3 is 22.1 Å².